The Morgan fingerprint density at radius 1 is 1.20 bits per heavy atom. The van der Waals surface area contributed by atoms with Crippen molar-refractivity contribution in [2.75, 3.05) is 26.7 Å². The molecule has 3 fully saturated rings. The Morgan fingerprint density at radius 2 is 1.93 bits per heavy atom. The van der Waals surface area contributed by atoms with Crippen LogP contribution in [0.2, 0.25) is 0 Å². The topological polar surface area (TPSA) is 194 Å². The number of nitrogens with one attached hydrogen (secondary N) is 1. The van der Waals surface area contributed by atoms with Gasteiger partial charge in [-0.15, -0.1) is 0 Å². The Balaban J connectivity index is 1.34. The molecule has 0 spiro atoms. The summed E-state index contributed by atoms with van der Waals surface area (Å²) >= 11 is 0. The number of fused-ring (bicyclic) bond motifs is 1. The highest BCUT2D eigenvalue weighted by atomic mass is 31.2. The minimum absolute atomic E-state index is 0.190. The van der Waals surface area contributed by atoms with E-state index in [1.165, 1.54) is 0 Å². The lowest BCUT2D eigenvalue weighted by Crippen LogP contribution is -2.51. The summed E-state index contributed by atoms with van der Waals surface area (Å²) in [6, 6.07) is 9.35. The van der Waals surface area contributed by atoms with Crippen molar-refractivity contribution in [2.45, 2.75) is 48.8 Å². The summed E-state index contributed by atoms with van der Waals surface area (Å²) in [7, 11) is -4.77. The number of aliphatic hydroxyl groups is 2. The van der Waals surface area contributed by atoms with E-state index in [0.29, 0.717) is 5.56 Å². The number of ether oxygens (including phenoxy) is 4. The summed E-state index contributed by atoms with van der Waals surface area (Å²) in [5.41, 5.74) is -8.47. The van der Waals surface area contributed by atoms with Crippen molar-refractivity contribution in [3.8, 4) is 0 Å². The third-order valence-electron chi connectivity index (χ3n) is 6.97. The Hall–Kier alpha value is -2.95. The number of phosphoric acid groups is 1. The number of hydrogen-bond acceptors (Lipinski definition) is 13. The van der Waals surface area contributed by atoms with E-state index in [1.54, 1.807) is 30.3 Å². The Kier molecular flexibility index (Phi) is 7.48. The summed E-state index contributed by atoms with van der Waals surface area (Å²) in [5, 5.41) is 22.7. The first kappa shape index (κ1) is 28.6. The second-order valence-corrected chi connectivity index (χ2v) is 11.2. The van der Waals surface area contributed by atoms with Crippen LogP contribution in [0.3, 0.4) is 0 Å². The third-order valence-corrected chi connectivity index (χ3v) is 8.30. The predicted molar refractivity (Wildman–Crippen MR) is 128 cm³/mol. The maximum atomic E-state index is 14.5. The number of hydrogen-bond donors (Lipinski definition) is 3. The highest BCUT2D eigenvalue weighted by Crippen LogP contribution is 2.72. The van der Waals surface area contributed by atoms with Crippen LogP contribution < -0.4 is 11.2 Å². The molecule has 2 aliphatic heterocycles. The number of aromatic nitrogens is 2. The van der Waals surface area contributed by atoms with Gasteiger partial charge in [0.1, 0.15) is 18.4 Å². The number of carbonyl (C=O) groups is 1. The minimum atomic E-state index is -4.77. The van der Waals surface area contributed by atoms with E-state index in [2.05, 4.69) is 0 Å². The molecule has 0 bridgehead atoms. The molecule has 3 N–H and O–H groups in total. The Bertz CT molecular complexity index is 1410. The molecule has 3 heterocycles. The quantitative estimate of drug-likeness (QED) is 0.187. The smallest absolute Gasteiger partial charge is 0.426 e. The van der Waals surface area contributed by atoms with Gasteiger partial charge in [0.15, 0.2) is 23.5 Å². The summed E-state index contributed by atoms with van der Waals surface area (Å²) < 4.78 is 64.9. The first-order chi connectivity index (χ1) is 19.0. The van der Waals surface area contributed by atoms with Crippen LogP contribution >= 0.6 is 7.82 Å². The molecule has 1 aromatic heterocycles. The highest BCUT2D eigenvalue weighted by molar-refractivity contribution is 7.48. The molecule has 40 heavy (non-hydrogen) atoms. The van der Waals surface area contributed by atoms with E-state index in [1.807, 2.05) is 4.98 Å². The fourth-order valence-corrected chi connectivity index (χ4v) is 5.92. The van der Waals surface area contributed by atoms with E-state index >= 15 is 0 Å². The average molecular weight is 588 g/mol. The van der Waals surface area contributed by atoms with Crippen LogP contribution in [-0.4, -0.2) is 81.6 Å². The standard InChI is InChI=1S/C23H26FN2O13P/c1-21(30)18(26-8-7-16(27)25-19(26)28)38-22(12-24)17(23(21,22)31)39-40(32,35-9-14-5-3-2-4-6-14)36-13-34-20(29)37-15-10-33-11-15/h2-8,15,17-18,30-31H,9-13H2,1H3,(H,25,27,28). The van der Waals surface area contributed by atoms with Gasteiger partial charge >= 0.3 is 19.7 Å². The second-order valence-electron chi connectivity index (χ2n) is 9.53. The van der Waals surface area contributed by atoms with Crippen LogP contribution in [0.25, 0.3) is 0 Å². The van der Waals surface area contributed by atoms with Crippen molar-refractivity contribution in [2.24, 2.45) is 0 Å². The number of aromatic amines is 1. The van der Waals surface area contributed by atoms with Crippen LogP contribution in [0.4, 0.5) is 9.18 Å². The number of carbonyl (C=O) groups excluding carboxylic acids is 1. The van der Waals surface area contributed by atoms with Crippen LogP contribution in [-0.2, 0) is 43.7 Å². The number of phosphoric ester groups is 1. The van der Waals surface area contributed by atoms with E-state index in [0.717, 1.165) is 23.8 Å². The largest absolute Gasteiger partial charge is 0.510 e. The molecule has 1 aromatic carbocycles. The molecule has 1 aliphatic carbocycles. The number of nitrogens with zero attached hydrogens (tertiary/aromatic N) is 1. The Labute approximate surface area is 224 Å². The van der Waals surface area contributed by atoms with Gasteiger partial charge in [-0.1, -0.05) is 30.3 Å². The van der Waals surface area contributed by atoms with Crippen molar-refractivity contribution >= 4 is 14.0 Å². The van der Waals surface area contributed by atoms with Gasteiger partial charge < -0.3 is 29.2 Å². The molecule has 3 aliphatic rings. The van der Waals surface area contributed by atoms with Crippen molar-refractivity contribution in [1.29, 1.82) is 0 Å². The minimum Gasteiger partial charge on any atom is -0.426 e. The number of halogens is 1. The molecule has 5 rings (SSSR count). The highest BCUT2D eigenvalue weighted by Gasteiger charge is 2.93. The van der Waals surface area contributed by atoms with Gasteiger partial charge in [-0.25, -0.2) is 23.1 Å². The maximum Gasteiger partial charge on any atom is 0.510 e. The van der Waals surface area contributed by atoms with Gasteiger partial charge in [0.05, 0.1) is 19.8 Å². The second kappa shape index (κ2) is 10.5. The summed E-state index contributed by atoms with van der Waals surface area (Å²) in [6.07, 6.45) is -4.14. The molecule has 6 unspecified atom stereocenters. The van der Waals surface area contributed by atoms with Crippen LogP contribution in [0, 0.1) is 0 Å². The molecule has 6 atom stereocenters. The van der Waals surface area contributed by atoms with E-state index in [9.17, 15) is 33.6 Å². The van der Waals surface area contributed by atoms with Crippen molar-refractivity contribution in [3.05, 3.63) is 69.0 Å². The average Bonchev–Trinajstić information content (AvgIpc) is 3.34. The lowest BCUT2D eigenvalue weighted by molar-refractivity contribution is -0.168. The first-order valence-electron chi connectivity index (χ1n) is 12.0. The monoisotopic (exact) mass is 588 g/mol. The molecule has 2 aromatic rings. The fourth-order valence-electron chi connectivity index (χ4n) is 4.66. The number of rotatable bonds is 11. The van der Waals surface area contributed by atoms with Gasteiger partial charge in [0.2, 0.25) is 6.79 Å². The molecular weight excluding hydrogens is 562 g/mol. The normalized spacial score (nSPS) is 32.5. The van der Waals surface area contributed by atoms with E-state index in [-0.39, 0.29) is 19.8 Å². The fraction of sp³-hybridized carbons (Fsp3) is 0.522. The molecule has 218 valence electrons. The molecule has 2 saturated heterocycles. The molecular formula is C23H26FN2O13P. The molecule has 0 radical (unpaired) electrons. The summed E-state index contributed by atoms with van der Waals surface area (Å²) in [4.78, 5) is 37.5. The maximum absolute atomic E-state index is 14.5. The number of alkyl halides is 1. The molecule has 17 heteroatoms. The van der Waals surface area contributed by atoms with Crippen molar-refractivity contribution in [1.82, 2.24) is 9.55 Å². The zero-order valence-corrected chi connectivity index (χ0v) is 21.9. The SMILES string of the molecule is CC1(O)C(n2ccc(=O)[nH]c2=O)OC2(CF)C(OP(=O)(OCOC(=O)OC3COC3)OCc3ccccc3)C12O. The van der Waals surface area contributed by atoms with Crippen LogP contribution in [0.5, 0.6) is 0 Å². The van der Waals surface area contributed by atoms with Crippen LogP contribution in [0.15, 0.2) is 52.2 Å². The van der Waals surface area contributed by atoms with Gasteiger partial charge in [-0.2, -0.15) is 0 Å². The molecule has 0 amide bonds. The zero-order valence-electron chi connectivity index (χ0n) is 21.0. The van der Waals surface area contributed by atoms with Gasteiger partial charge in [0, 0.05) is 12.3 Å². The predicted octanol–water partition coefficient (Wildman–Crippen LogP) is 0.506. The van der Waals surface area contributed by atoms with Gasteiger partial charge in [0.25, 0.3) is 5.56 Å². The van der Waals surface area contributed by atoms with Crippen molar-refractivity contribution in [3.63, 3.8) is 0 Å². The summed E-state index contributed by atoms with van der Waals surface area (Å²) in [6.45, 7) is -1.33. The molecule has 1 saturated carbocycles. The Morgan fingerprint density at radius 3 is 2.52 bits per heavy atom. The number of benzene rings is 1. The lowest BCUT2D eigenvalue weighted by atomic mass is 9.94. The third kappa shape index (κ3) is 4.80. The van der Waals surface area contributed by atoms with E-state index < -0.39 is 73.9 Å². The zero-order chi connectivity index (χ0) is 28.8. The summed E-state index contributed by atoms with van der Waals surface area (Å²) in [5.74, 6) is 0. The number of H-pyrrole nitrogens is 1. The molecule has 15 nitrogen and oxygen atoms in total. The van der Waals surface area contributed by atoms with Gasteiger partial charge in [-0.05, 0) is 12.5 Å². The first-order valence-corrected chi connectivity index (χ1v) is 13.4. The van der Waals surface area contributed by atoms with Gasteiger partial charge in [-0.3, -0.25) is 23.4 Å². The van der Waals surface area contributed by atoms with Crippen molar-refractivity contribution < 1.29 is 56.5 Å². The lowest BCUT2D eigenvalue weighted by Gasteiger charge is -2.33. The van der Waals surface area contributed by atoms with Crippen LogP contribution in [0.1, 0.15) is 18.7 Å². The van der Waals surface area contributed by atoms with E-state index in [4.69, 9.17) is 32.5 Å².